The molecule has 172 valence electrons. The standard InChI is InChI=1S/C25H24N6O3/c1-17-12-18(2)30(28-17)16-24(32)27-26-14-20-15-31(21-6-4-3-5-7-21)29-25(20)19-8-9-22-23(13-19)34-11-10-33-22/h3-9,12-15H,10-11,16H2,1-2H3,(H,27,32)/b26-14-. The highest BCUT2D eigenvalue weighted by Gasteiger charge is 2.17. The van der Waals surface area contributed by atoms with E-state index in [1.165, 1.54) is 0 Å². The van der Waals surface area contributed by atoms with Crippen LogP contribution in [0.4, 0.5) is 0 Å². The summed E-state index contributed by atoms with van der Waals surface area (Å²) < 4.78 is 14.8. The predicted molar refractivity (Wildman–Crippen MR) is 127 cm³/mol. The van der Waals surface area contributed by atoms with Crippen molar-refractivity contribution in [3.63, 3.8) is 0 Å². The lowest BCUT2D eigenvalue weighted by molar-refractivity contribution is -0.121. The minimum Gasteiger partial charge on any atom is -0.486 e. The van der Waals surface area contributed by atoms with E-state index in [1.807, 2.05) is 74.6 Å². The monoisotopic (exact) mass is 456 g/mol. The molecule has 0 fully saturated rings. The van der Waals surface area contributed by atoms with Crippen LogP contribution >= 0.6 is 0 Å². The lowest BCUT2D eigenvalue weighted by Gasteiger charge is -2.18. The second-order valence-corrected chi connectivity index (χ2v) is 7.95. The maximum atomic E-state index is 12.4. The fourth-order valence-corrected chi connectivity index (χ4v) is 3.79. The van der Waals surface area contributed by atoms with Crippen molar-refractivity contribution in [2.24, 2.45) is 5.10 Å². The summed E-state index contributed by atoms with van der Waals surface area (Å²) in [5.41, 5.74) is 7.58. The van der Waals surface area contributed by atoms with E-state index >= 15 is 0 Å². The van der Waals surface area contributed by atoms with Crippen molar-refractivity contribution in [2.45, 2.75) is 20.4 Å². The van der Waals surface area contributed by atoms with E-state index < -0.39 is 0 Å². The van der Waals surface area contributed by atoms with Crippen molar-refractivity contribution in [2.75, 3.05) is 13.2 Å². The summed E-state index contributed by atoms with van der Waals surface area (Å²) in [7, 11) is 0. The number of hydrogen-bond acceptors (Lipinski definition) is 6. The summed E-state index contributed by atoms with van der Waals surface area (Å²) in [6.45, 7) is 4.93. The predicted octanol–water partition coefficient (Wildman–Crippen LogP) is 3.27. The molecule has 5 rings (SSSR count). The molecule has 0 atom stereocenters. The molecule has 1 aliphatic heterocycles. The van der Waals surface area contributed by atoms with Gasteiger partial charge in [-0.25, -0.2) is 10.1 Å². The molecule has 2 aromatic heterocycles. The van der Waals surface area contributed by atoms with Gasteiger partial charge in [-0.05, 0) is 50.2 Å². The number of hydrogen-bond donors (Lipinski definition) is 1. The van der Waals surface area contributed by atoms with Gasteiger partial charge in [-0.3, -0.25) is 9.48 Å². The number of rotatable bonds is 6. The molecule has 4 aromatic rings. The topological polar surface area (TPSA) is 95.6 Å². The molecule has 0 aliphatic carbocycles. The van der Waals surface area contributed by atoms with E-state index in [0.29, 0.717) is 30.4 Å². The Morgan fingerprint density at radius 1 is 1.06 bits per heavy atom. The first-order valence-corrected chi connectivity index (χ1v) is 10.9. The molecular weight excluding hydrogens is 432 g/mol. The van der Waals surface area contributed by atoms with Crippen LogP contribution in [-0.2, 0) is 11.3 Å². The van der Waals surface area contributed by atoms with Gasteiger partial charge >= 0.3 is 0 Å². The van der Waals surface area contributed by atoms with Crippen LogP contribution in [-0.4, -0.2) is 44.9 Å². The minimum atomic E-state index is -0.265. The third kappa shape index (κ3) is 4.54. The van der Waals surface area contributed by atoms with Gasteiger partial charge in [0.2, 0.25) is 0 Å². The van der Waals surface area contributed by atoms with E-state index in [9.17, 15) is 4.79 Å². The summed E-state index contributed by atoms with van der Waals surface area (Å²) in [6.07, 6.45) is 3.47. The van der Waals surface area contributed by atoms with Gasteiger partial charge in [-0.15, -0.1) is 0 Å². The fourth-order valence-electron chi connectivity index (χ4n) is 3.79. The molecule has 0 saturated carbocycles. The van der Waals surface area contributed by atoms with Crippen LogP contribution in [0.25, 0.3) is 16.9 Å². The molecule has 9 heteroatoms. The SMILES string of the molecule is Cc1cc(C)n(CC(=O)N/N=C\c2cn(-c3ccccc3)nc2-c2ccc3c(c2)OCCO3)n1. The molecule has 2 aromatic carbocycles. The molecule has 0 unspecified atom stereocenters. The fraction of sp³-hybridized carbons (Fsp3) is 0.200. The van der Waals surface area contributed by atoms with Crippen molar-refractivity contribution in [3.05, 3.63) is 77.7 Å². The van der Waals surface area contributed by atoms with Crippen LogP contribution in [0.5, 0.6) is 11.5 Å². The maximum absolute atomic E-state index is 12.4. The van der Waals surface area contributed by atoms with Crippen LogP contribution in [0.1, 0.15) is 17.0 Å². The Morgan fingerprint density at radius 2 is 1.85 bits per heavy atom. The van der Waals surface area contributed by atoms with Crippen LogP contribution in [0.3, 0.4) is 0 Å². The molecule has 0 spiro atoms. The molecule has 1 N–H and O–H groups in total. The van der Waals surface area contributed by atoms with Crippen molar-refractivity contribution in [1.82, 2.24) is 25.0 Å². The van der Waals surface area contributed by atoms with E-state index in [2.05, 4.69) is 15.6 Å². The number of amides is 1. The first kappa shape index (κ1) is 21.4. The number of carbonyl (C=O) groups excluding carboxylic acids is 1. The van der Waals surface area contributed by atoms with Gasteiger partial charge in [0.05, 0.1) is 17.6 Å². The first-order chi connectivity index (χ1) is 16.6. The molecule has 1 amide bonds. The number of benzene rings is 2. The van der Waals surface area contributed by atoms with Crippen molar-refractivity contribution in [3.8, 4) is 28.4 Å². The normalized spacial score (nSPS) is 12.8. The lowest BCUT2D eigenvalue weighted by atomic mass is 10.1. The highest BCUT2D eigenvalue weighted by Crippen LogP contribution is 2.35. The summed E-state index contributed by atoms with van der Waals surface area (Å²) in [6, 6.07) is 17.4. The van der Waals surface area contributed by atoms with E-state index in [4.69, 9.17) is 14.6 Å². The summed E-state index contributed by atoms with van der Waals surface area (Å²) >= 11 is 0. The smallest absolute Gasteiger partial charge is 0.261 e. The second-order valence-electron chi connectivity index (χ2n) is 7.95. The number of hydrazone groups is 1. The van der Waals surface area contributed by atoms with Gasteiger partial charge < -0.3 is 9.47 Å². The molecule has 1 aliphatic rings. The average Bonchev–Trinajstić information content (AvgIpc) is 3.41. The number of aromatic nitrogens is 4. The Hall–Kier alpha value is -4.40. The molecule has 0 saturated heterocycles. The summed E-state index contributed by atoms with van der Waals surface area (Å²) in [4.78, 5) is 12.4. The Kier molecular flexibility index (Phi) is 5.82. The van der Waals surface area contributed by atoms with Gasteiger partial charge in [0, 0.05) is 23.0 Å². The minimum absolute atomic E-state index is 0.0926. The maximum Gasteiger partial charge on any atom is 0.261 e. The zero-order chi connectivity index (χ0) is 23.5. The third-order valence-electron chi connectivity index (χ3n) is 5.37. The number of aryl methyl sites for hydroxylation is 2. The molecule has 0 radical (unpaired) electrons. The number of para-hydroxylation sites is 1. The number of carbonyl (C=O) groups is 1. The average molecular weight is 457 g/mol. The van der Waals surface area contributed by atoms with Crippen molar-refractivity contribution in [1.29, 1.82) is 0 Å². The number of nitrogens with one attached hydrogen (secondary N) is 1. The Bertz CT molecular complexity index is 1360. The van der Waals surface area contributed by atoms with Crippen molar-refractivity contribution >= 4 is 12.1 Å². The molecule has 34 heavy (non-hydrogen) atoms. The Morgan fingerprint density at radius 3 is 2.62 bits per heavy atom. The van der Waals surface area contributed by atoms with Crippen LogP contribution < -0.4 is 14.9 Å². The van der Waals surface area contributed by atoms with Crippen molar-refractivity contribution < 1.29 is 14.3 Å². The Balaban J connectivity index is 1.41. The molecule has 0 bridgehead atoms. The zero-order valence-electron chi connectivity index (χ0n) is 18.9. The molecule has 3 heterocycles. The Labute approximate surface area is 196 Å². The third-order valence-corrected chi connectivity index (χ3v) is 5.37. The number of ether oxygens (including phenoxy) is 2. The van der Waals surface area contributed by atoms with E-state index in [0.717, 1.165) is 28.2 Å². The largest absolute Gasteiger partial charge is 0.486 e. The van der Waals surface area contributed by atoms with Crippen LogP contribution in [0.15, 0.2) is 65.9 Å². The number of fused-ring (bicyclic) bond motifs is 1. The first-order valence-electron chi connectivity index (χ1n) is 10.9. The van der Waals surface area contributed by atoms with Crippen LogP contribution in [0, 0.1) is 13.8 Å². The van der Waals surface area contributed by atoms with Gasteiger partial charge in [0.25, 0.3) is 5.91 Å². The van der Waals surface area contributed by atoms with E-state index in [1.54, 1.807) is 15.6 Å². The van der Waals surface area contributed by atoms with E-state index in [-0.39, 0.29) is 12.5 Å². The highest BCUT2D eigenvalue weighted by molar-refractivity contribution is 5.90. The summed E-state index contributed by atoms with van der Waals surface area (Å²) in [5, 5.41) is 13.3. The van der Waals surface area contributed by atoms with Crippen LogP contribution in [0.2, 0.25) is 0 Å². The highest BCUT2D eigenvalue weighted by atomic mass is 16.6. The molecule has 9 nitrogen and oxygen atoms in total. The van der Waals surface area contributed by atoms with Gasteiger partial charge in [-0.2, -0.15) is 15.3 Å². The second kappa shape index (κ2) is 9.22. The lowest BCUT2D eigenvalue weighted by Crippen LogP contribution is -2.24. The zero-order valence-corrected chi connectivity index (χ0v) is 18.9. The summed E-state index contributed by atoms with van der Waals surface area (Å²) in [5.74, 6) is 1.13. The number of nitrogens with zero attached hydrogens (tertiary/aromatic N) is 5. The quantitative estimate of drug-likeness (QED) is 0.355. The molecular formula is C25H24N6O3. The van der Waals surface area contributed by atoms with Gasteiger partial charge in [0.15, 0.2) is 11.5 Å². The van der Waals surface area contributed by atoms with Gasteiger partial charge in [0.1, 0.15) is 25.5 Å². The van der Waals surface area contributed by atoms with Gasteiger partial charge in [-0.1, -0.05) is 18.2 Å².